The highest BCUT2D eigenvalue weighted by Gasteiger charge is 2.24. The molecule has 2 saturated heterocycles. The normalized spacial score (nSPS) is 17.7. The van der Waals surface area contributed by atoms with Crippen molar-refractivity contribution in [3.63, 3.8) is 0 Å². The summed E-state index contributed by atoms with van der Waals surface area (Å²) in [6.45, 7) is 4.15. The van der Waals surface area contributed by atoms with Gasteiger partial charge in [0.1, 0.15) is 35.6 Å². The second kappa shape index (κ2) is 11.1. The minimum Gasteiger partial charge on any atom is -0.489 e. The molecule has 2 N–H and O–H groups in total. The number of nitrogens with zero attached hydrogens (tertiary/aromatic N) is 6. The van der Waals surface area contributed by atoms with Gasteiger partial charge in [-0.25, -0.2) is 23.5 Å². The predicted octanol–water partition coefficient (Wildman–Crippen LogP) is 3.38. The van der Waals surface area contributed by atoms with Crippen LogP contribution in [0.3, 0.4) is 0 Å². The zero-order valence-electron chi connectivity index (χ0n) is 21.1. The van der Waals surface area contributed by atoms with Crippen molar-refractivity contribution in [3.05, 3.63) is 54.4 Å². The van der Waals surface area contributed by atoms with Crippen LogP contribution in [0.25, 0.3) is 33.8 Å². The lowest BCUT2D eigenvalue weighted by Crippen LogP contribution is -2.39. The number of hydrogen-bond donors (Lipinski definition) is 2. The molecule has 11 nitrogen and oxygen atoms in total. The van der Waals surface area contributed by atoms with E-state index in [2.05, 4.69) is 38.1 Å². The van der Waals surface area contributed by atoms with Crippen molar-refractivity contribution in [2.24, 2.45) is 0 Å². The lowest BCUT2D eigenvalue weighted by molar-refractivity contribution is 0.122. The van der Waals surface area contributed by atoms with Crippen LogP contribution in [-0.4, -0.2) is 78.5 Å². The van der Waals surface area contributed by atoms with Gasteiger partial charge in [0.05, 0.1) is 24.5 Å². The minimum atomic E-state index is -1.97. The van der Waals surface area contributed by atoms with Gasteiger partial charge < -0.3 is 19.4 Å². The Labute approximate surface area is 227 Å². The maximum atomic E-state index is 11.3. The largest absolute Gasteiger partial charge is 0.489 e. The van der Waals surface area contributed by atoms with E-state index in [9.17, 15) is 14.0 Å². The van der Waals surface area contributed by atoms with Gasteiger partial charge in [-0.05, 0) is 55.3 Å². The van der Waals surface area contributed by atoms with Gasteiger partial charge in [0, 0.05) is 43.0 Å². The lowest BCUT2D eigenvalue weighted by Gasteiger charge is -2.29. The second-order valence-corrected chi connectivity index (χ2v) is 10.4. The molecule has 12 heteroatoms. The number of H-pyrrole nitrogens is 1. The number of aromatic amines is 1. The summed E-state index contributed by atoms with van der Waals surface area (Å²) in [6, 6.07) is 15.9. The summed E-state index contributed by atoms with van der Waals surface area (Å²) in [5.41, 5.74) is 5.10. The van der Waals surface area contributed by atoms with Gasteiger partial charge in [0.2, 0.25) is 11.3 Å². The molecule has 0 saturated carbocycles. The summed E-state index contributed by atoms with van der Waals surface area (Å²) >= 11 is -1.97. The average molecular weight is 546 g/mol. The number of nitrogens with one attached hydrogen (secondary N) is 1. The molecule has 1 atom stereocenters. The van der Waals surface area contributed by atoms with Crippen LogP contribution in [0.15, 0.2) is 48.8 Å². The molecule has 4 aromatic rings. The first-order valence-corrected chi connectivity index (χ1v) is 13.9. The fourth-order valence-corrected chi connectivity index (χ4v) is 5.51. The molecule has 2 aromatic carbocycles. The molecule has 0 bridgehead atoms. The third kappa shape index (κ3) is 5.35. The third-order valence-corrected chi connectivity index (χ3v) is 7.90. The van der Waals surface area contributed by atoms with E-state index in [1.54, 1.807) is 12.1 Å². The van der Waals surface area contributed by atoms with Crippen LogP contribution in [0, 0.1) is 11.3 Å². The van der Waals surface area contributed by atoms with Gasteiger partial charge >= 0.3 is 0 Å². The van der Waals surface area contributed by atoms with Gasteiger partial charge in [-0.1, -0.05) is 0 Å². The highest BCUT2D eigenvalue weighted by atomic mass is 32.2. The van der Waals surface area contributed by atoms with Crippen LogP contribution in [0.5, 0.6) is 5.75 Å². The molecule has 0 aliphatic carbocycles. The van der Waals surface area contributed by atoms with Crippen LogP contribution in [-0.2, 0) is 16.0 Å². The Bertz CT molecular complexity index is 1540. The predicted molar refractivity (Wildman–Crippen MR) is 146 cm³/mol. The Balaban J connectivity index is 1.24. The van der Waals surface area contributed by atoms with E-state index in [0.29, 0.717) is 59.9 Å². The molecule has 4 heterocycles. The monoisotopic (exact) mass is 545 g/mol. The Morgan fingerprint density at radius 3 is 2.51 bits per heavy atom. The molecule has 200 valence electrons. The highest BCUT2D eigenvalue weighted by molar-refractivity contribution is 7.76. The molecule has 0 spiro atoms. The first kappa shape index (κ1) is 25.4. The Morgan fingerprint density at radius 2 is 1.79 bits per heavy atom. The van der Waals surface area contributed by atoms with E-state index >= 15 is 0 Å². The van der Waals surface area contributed by atoms with E-state index in [4.69, 9.17) is 14.5 Å². The van der Waals surface area contributed by atoms with Crippen LogP contribution < -0.4 is 9.64 Å². The molecular formula is C27H27N7O4S. The van der Waals surface area contributed by atoms with E-state index in [0.717, 1.165) is 43.1 Å². The fraction of sp³-hybridized carbons (Fsp3) is 0.333. The van der Waals surface area contributed by atoms with Gasteiger partial charge in [0.15, 0.2) is 5.65 Å². The number of anilines is 1. The number of benzene rings is 2. The van der Waals surface area contributed by atoms with Crippen molar-refractivity contribution >= 4 is 28.1 Å². The van der Waals surface area contributed by atoms with Crippen LogP contribution in [0.1, 0.15) is 18.4 Å². The number of rotatable bonds is 6. The number of piperidine rings is 1. The summed E-state index contributed by atoms with van der Waals surface area (Å²) in [6.07, 6.45) is 2.56. The van der Waals surface area contributed by atoms with Crippen LogP contribution >= 0.6 is 0 Å². The molecule has 2 aromatic heterocycles. The molecular weight excluding hydrogens is 518 g/mol. The summed E-state index contributed by atoms with van der Waals surface area (Å²) in [7, 11) is 0. The van der Waals surface area contributed by atoms with Gasteiger partial charge in [-0.15, -0.1) is 0 Å². The molecule has 39 heavy (non-hydrogen) atoms. The van der Waals surface area contributed by atoms with Gasteiger partial charge in [0.25, 0.3) is 0 Å². The first-order valence-electron chi connectivity index (χ1n) is 12.8. The Kier molecular flexibility index (Phi) is 7.21. The number of nitriles is 1. The zero-order valence-corrected chi connectivity index (χ0v) is 21.9. The lowest BCUT2D eigenvalue weighted by atomic mass is 10.1. The van der Waals surface area contributed by atoms with Crippen molar-refractivity contribution in [2.45, 2.75) is 18.9 Å². The molecule has 6 rings (SSSR count). The standard InChI is InChI=1S/C27H27N7O4S/c28-16-20-15-19(3-6-23(20)38-22-7-9-34(10-8-22)39(35)36)24-25-27(30-17-29-24)32-26(31-25)18-1-4-21(5-2-18)33-11-13-37-14-12-33/h1-6,15,17,22H,7-14H2,(H,35,36)(H,29,30,31,32). The molecule has 0 radical (unpaired) electrons. The Hall–Kier alpha value is -3.89. The van der Waals surface area contributed by atoms with Crippen molar-refractivity contribution in [3.8, 4) is 34.5 Å². The van der Waals surface area contributed by atoms with E-state index in [1.165, 1.54) is 10.6 Å². The summed E-state index contributed by atoms with van der Waals surface area (Å²) in [4.78, 5) is 19.2. The van der Waals surface area contributed by atoms with Crippen LogP contribution in [0.4, 0.5) is 5.69 Å². The van der Waals surface area contributed by atoms with Crippen molar-refractivity contribution < 1.29 is 18.2 Å². The first-order chi connectivity index (χ1) is 19.1. The molecule has 0 amide bonds. The number of hydrogen-bond acceptors (Lipinski definition) is 8. The molecule has 2 aliphatic rings. The van der Waals surface area contributed by atoms with E-state index < -0.39 is 11.3 Å². The van der Waals surface area contributed by atoms with Crippen molar-refractivity contribution in [2.75, 3.05) is 44.3 Å². The van der Waals surface area contributed by atoms with Crippen molar-refractivity contribution in [1.29, 1.82) is 5.26 Å². The maximum absolute atomic E-state index is 11.3. The topological polar surface area (TPSA) is 140 Å². The fourth-order valence-electron chi connectivity index (χ4n) is 4.99. The molecule has 1 unspecified atom stereocenters. The highest BCUT2D eigenvalue weighted by Crippen LogP contribution is 2.32. The number of fused-ring (bicyclic) bond motifs is 1. The quantitative estimate of drug-likeness (QED) is 0.349. The Morgan fingerprint density at radius 1 is 1.05 bits per heavy atom. The van der Waals surface area contributed by atoms with Crippen LogP contribution in [0.2, 0.25) is 0 Å². The maximum Gasteiger partial charge on any atom is 0.234 e. The number of imidazole rings is 1. The number of aromatic nitrogens is 4. The van der Waals surface area contributed by atoms with E-state index in [1.807, 2.05) is 18.2 Å². The molecule has 2 fully saturated rings. The summed E-state index contributed by atoms with van der Waals surface area (Å²) < 4.78 is 33.6. The number of ether oxygens (including phenoxy) is 2. The SMILES string of the molecule is N#Cc1cc(-c2ncnc3nc(-c4ccc(N5CCOCC5)cc4)[nH]c23)ccc1OC1CCN(S(=O)O)CC1. The minimum absolute atomic E-state index is 0.127. The summed E-state index contributed by atoms with van der Waals surface area (Å²) in [5.74, 6) is 1.18. The summed E-state index contributed by atoms with van der Waals surface area (Å²) in [5, 5.41) is 9.84. The third-order valence-electron chi connectivity index (χ3n) is 7.09. The van der Waals surface area contributed by atoms with Crippen molar-refractivity contribution in [1.82, 2.24) is 24.2 Å². The number of morpholine rings is 1. The smallest absolute Gasteiger partial charge is 0.234 e. The van der Waals surface area contributed by atoms with E-state index in [-0.39, 0.29) is 6.10 Å². The van der Waals surface area contributed by atoms with Gasteiger partial charge in [-0.3, -0.25) is 4.55 Å². The van der Waals surface area contributed by atoms with Gasteiger partial charge in [-0.2, -0.15) is 5.26 Å². The average Bonchev–Trinajstić information content (AvgIpc) is 3.43. The zero-order chi connectivity index (χ0) is 26.8. The molecule has 2 aliphatic heterocycles. The second-order valence-electron chi connectivity index (χ2n) is 9.45.